The van der Waals surface area contributed by atoms with Crippen LogP contribution in [0.5, 0.6) is 0 Å². The van der Waals surface area contributed by atoms with Crippen molar-refractivity contribution in [2.24, 2.45) is 0 Å². The third kappa shape index (κ3) is 1.94. The summed E-state index contributed by atoms with van der Waals surface area (Å²) in [6, 6.07) is 6.18. The highest BCUT2D eigenvalue weighted by Crippen LogP contribution is 2.24. The van der Waals surface area contributed by atoms with Crippen molar-refractivity contribution in [1.29, 1.82) is 5.26 Å². The van der Waals surface area contributed by atoms with Crippen LogP contribution in [0.25, 0.3) is 0 Å². The molecule has 72 valence electrons. The van der Waals surface area contributed by atoms with Crippen LogP contribution in [0.1, 0.15) is 16.7 Å². The second-order valence-corrected chi connectivity index (χ2v) is 3.22. The summed E-state index contributed by atoms with van der Waals surface area (Å²) in [4.78, 5) is 0. The van der Waals surface area contributed by atoms with Crippen LogP contribution in [-0.2, 0) is 6.42 Å². The van der Waals surface area contributed by atoms with Crippen LogP contribution in [0, 0.1) is 25.2 Å². The topological polar surface area (TPSA) is 35.8 Å². The SMILES string of the molecule is C=CNc1c(CC#N)ccc(C)c1C. The average Bonchev–Trinajstić information content (AvgIpc) is 2.18. The van der Waals surface area contributed by atoms with Gasteiger partial charge < -0.3 is 5.32 Å². The molecule has 0 bridgehead atoms. The van der Waals surface area contributed by atoms with Crippen molar-refractivity contribution in [3.05, 3.63) is 41.6 Å². The molecule has 0 unspecified atom stereocenters. The van der Waals surface area contributed by atoms with Crippen LogP contribution in [-0.4, -0.2) is 0 Å². The standard InChI is InChI=1S/C12H14N2/c1-4-14-12-10(3)9(2)5-6-11(12)7-8-13/h4-6,14H,1,7H2,2-3H3. The monoisotopic (exact) mass is 186 g/mol. The molecule has 0 radical (unpaired) electrons. The van der Waals surface area contributed by atoms with Crippen LogP contribution in [0.2, 0.25) is 0 Å². The van der Waals surface area contributed by atoms with Gasteiger partial charge in [-0.1, -0.05) is 18.7 Å². The molecule has 1 rings (SSSR count). The molecule has 0 amide bonds. The number of hydrogen-bond acceptors (Lipinski definition) is 2. The molecule has 0 aliphatic carbocycles. The Morgan fingerprint density at radius 2 is 2.21 bits per heavy atom. The van der Waals surface area contributed by atoms with Crippen molar-refractivity contribution in [3.8, 4) is 6.07 Å². The number of nitrogens with one attached hydrogen (secondary N) is 1. The Labute approximate surface area is 84.9 Å². The summed E-state index contributed by atoms with van der Waals surface area (Å²) in [5.41, 5.74) is 4.44. The van der Waals surface area contributed by atoms with Gasteiger partial charge in [0, 0.05) is 5.69 Å². The summed E-state index contributed by atoms with van der Waals surface area (Å²) < 4.78 is 0. The van der Waals surface area contributed by atoms with E-state index >= 15 is 0 Å². The Bertz CT molecular complexity index is 386. The fraction of sp³-hybridized carbons (Fsp3) is 0.250. The van der Waals surface area contributed by atoms with Gasteiger partial charge in [0.1, 0.15) is 0 Å². The summed E-state index contributed by atoms with van der Waals surface area (Å²) in [7, 11) is 0. The molecule has 0 heterocycles. The Morgan fingerprint density at radius 3 is 2.79 bits per heavy atom. The van der Waals surface area contributed by atoms with Crippen LogP contribution < -0.4 is 5.32 Å². The number of rotatable bonds is 3. The number of nitrogens with zero attached hydrogens (tertiary/aromatic N) is 1. The maximum Gasteiger partial charge on any atom is 0.0670 e. The van der Waals surface area contributed by atoms with Gasteiger partial charge in [-0.2, -0.15) is 5.26 Å². The van der Waals surface area contributed by atoms with Gasteiger partial charge in [-0.25, -0.2) is 0 Å². The first-order valence-electron chi connectivity index (χ1n) is 4.54. The highest BCUT2D eigenvalue weighted by atomic mass is 14.8. The summed E-state index contributed by atoms with van der Waals surface area (Å²) in [5.74, 6) is 0. The van der Waals surface area contributed by atoms with E-state index in [1.54, 1.807) is 6.20 Å². The average molecular weight is 186 g/mol. The molecule has 1 aromatic carbocycles. The number of aryl methyl sites for hydroxylation is 1. The summed E-state index contributed by atoms with van der Waals surface area (Å²) >= 11 is 0. The van der Waals surface area contributed by atoms with E-state index in [2.05, 4.69) is 24.9 Å². The minimum atomic E-state index is 0.428. The molecule has 1 aromatic rings. The highest BCUT2D eigenvalue weighted by molar-refractivity contribution is 5.61. The van der Waals surface area contributed by atoms with Gasteiger partial charge in [0.05, 0.1) is 12.5 Å². The maximum atomic E-state index is 8.67. The maximum absolute atomic E-state index is 8.67. The zero-order valence-electron chi connectivity index (χ0n) is 8.59. The molecule has 0 spiro atoms. The zero-order chi connectivity index (χ0) is 10.6. The Balaban J connectivity index is 3.23. The van der Waals surface area contributed by atoms with Gasteiger partial charge in [0.15, 0.2) is 0 Å². The molecule has 2 nitrogen and oxygen atoms in total. The van der Waals surface area contributed by atoms with E-state index in [9.17, 15) is 0 Å². The molecule has 1 N–H and O–H groups in total. The molecule has 0 aliphatic rings. The zero-order valence-corrected chi connectivity index (χ0v) is 8.59. The first kappa shape index (κ1) is 10.3. The number of hydrogen-bond donors (Lipinski definition) is 1. The van der Waals surface area contributed by atoms with Crippen LogP contribution in [0.15, 0.2) is 24.9 Å². The molecule has 0 atom stereocenters. The van der Waals surface area contributed by atoms with Gasteiger partial charge in [-0.3, -0.25) is 0 Å². The van der Waals surface area contributed by atoms with Gasteiger partial charge in [0.2, 0.25) is 0 Å². The molecule has 0 aliphatic heterocycles. The third-order valence-electron chi connectivity index (χ3n) is 2.34. The molecule has 0 fully saturated rings. The minimum Gasteiger partial charge on any atom is -0.362 e. The highest BCUT2D eigenvalue weighted by Gasteiger charge is 2.05. The van der Waals surface area contributed by atoms with Crippen molar-refractivity contribution < 1.29 is 0 Å². The lowest BCUT2D eigenvalue weighted by Gasteiger charge is -2.12. The first-order valence-corrected chi connectivity index (χ1v) is 4.54. The molecule has 0 saturated heterocycles. The molecular formula is C12H14N2. The lowest BCUT2D eigenvalue weighted by atomic mass is 10.0. The van der Waals surface area contributed by atoms with Gasteiger partial charge in [-0.05, 0) is 36.7 Å². The fourth-order valence-corrected chi connectivity index (χ4v) is 1.41. The Morgan fingerprint density at radius 1 is 1.50 bits per heavy atom. The molecule has 0 saturated carbocycles. The largest absolute Gasteiger partial charge is 0.362 e. The van der Waals surface area contributed by atoms with E-state index in [0.717, 1.165) is 11.3 Å². The first-order chi connectivity index (χ1) is 6.70. The number of nitriles is 1. The van der Waals surface area contributed by atoms with Crippen LogP contribution in [0.4, 0.5) is 5.69 Å². The van der Waals surface area contributed by atoms with Gasteiger partial charge >= 0.3 is 0 Å². The second kappa shape index (κ2) is 4.48. The van der Waals surface area contributed by atoms with E-state index in [0.29, 0.717) is 6.42 Å². The molecule has 14 heavy (non-hydrogen) atoms. The van der Waals surface area contributed by atoms with Crippen LogP contribution in [0.3, 0.4) is 0 Å². The van der Waals surface area contributed by atoms with Crippen molar-refractivity contribution in [1.82, 2.24) is 0 Å². The van der Waals surface area contributed by atoms with E-state index in [4.69, 9.17) is 5.26 Å². The van der Waals surface area contributed by atoms with E-state index in [-0.39, 0.29) is 0 Å². The predicted molar refractivity (Wildman–Crippen MR) is 59.1 cm³/mol. The second-order valence-electron chi connectivity index (χ2n) is 3.22. The van der Waals surface area contributed by atoms with Crippen molar-refractivity contribution in [2.75, 3.05) is 5.32 Å². The Kier molecular flexibility index (Phi) is 3.30. The molecular weight excluding hydrogens is 172 g/mol. The third-order valence-corrected chi connectivity index (χ3v) is 2.34. The predicted octanol–water partition coefficient (Wildman–Crippen LogP) is 2.92. The normalized spacial score (nSPS) is 9.21. The van der Waals surface area contributed by atoms with Gasteiger partial charge in [-0.15, -0.1) is 0 Å². The quantitative estimate of drug-likeness (QED) is 0.787. The smallest absolute Gasteiger partial charge is 0.0670 e. The fourth-order valence-electron chi connectivity index (χ4n) is 1.41. The summed E-state index contributed by atoms with van der Waals surface area (Å²) in [6.07, 6.45) is 2.07. The molecule has 2 heteroatoms. The lowest BCUT2D eigenvalue weighted by molar-refractivity contribution is 1.22. The van der Waals surface area contributed by atoms with Crippen LogP contribution >= 0.6 is 0 Å². The van der Waals surface area contributed by atoms with E-state index in [1.165, 1.54) is 11.1 Å². The van der Waals surface area contributed by atoms with Crippen molar-refractivity contribution in [3.63, 3.8) is 0 Å². The molecule has 0 aromatic heterocycles. The number of anilines is 1. The summed E-state index contributed by atoms with van der Waals surface area (Å²) in [5, 5.41) is 11.8. The van der Waals surface area contributed by atoms with E-state index < -0.39 is 0 Å². The van der Waals surface area contributed by atoms with Crippen molar-refractivity contribution >= 4 is 5.69 Å². The van der Waals surface area contributed by atoms with Crippen molar-refractivity contribution in [2.45, 2.75) is 20.3 Å². The summed E-state index contributed by atoms with van der Waals surface area (Å²) in [6.45, 7) is 7.73. The lowest BCUT2D eigenvalue weighted by Crippen LogP contribution is -1.98. The minimum absolute atomic E-state index is 0.428. The Hall–Kier alpha value is -1.75. The number of benzene rings is 1. The van der Waals surface area contributed by atoms with Gasteiger partial charge in [0.25, 0.3) is 0 Å². The van der Waals surface area contributed by atoms with E-state index in [1.807, 2.05) is 19.1 Å².